The number of sulfonamides is 1. The lowest BCUT2D eigenvalue weighted by Crippen LogP contribution is -2.44. The van der Waals surface area contributed by atoms with Crippen molar-refractivity contribution in [1.82, 2.24) is 4.72 Å². The average Bonchev–Trinajstić information content (AvgIpc) is 3.25. The first-order valence-corrected chi connectivity index (χ1v) is 13.5. The number of alkyl halides is 1. The lowest BCUT2D eigenvalue weighted by molar-refractivity contribution is -0.140. The Kier molecular flexibility index (Phi) is 6.74. The van der Waals surface area contributed by atoms with Crippen LogP contribution in [-0.4, -0.2) is 36.5 Å². The summed E-state index contributed by atoms with van der Waals surface area (Å²) >= 11 is 13.2. The maximum absolute atomic E-state index is 13.2. The van der Waals surface area contributed by atoms with Gasteiger partial charge < -0.3 is 9.84 Å². The number of carboxylic acids is 1. The highest BCUT2D eigenvalue weighted by Crippen LogP contribution is 2.55. The first-order valence-electron chi connectivity index (χ1n) is 10.5. The zero-order valence-electron chi connectivity index (χ0n) is 18.4. The number of ether oxygens (including phenoxy) is 1. The third-order valence-corrected chi connectivity index (χ3v) is 9.00. The Morgan fingerprint density at radius 2 is 1.85 bits per heavy atom. The SMILES string of the molecule is CC(C)(Cl)COc1ccccc1C1CC1(NS(=O)(=O)c1ccc(-c2ccc(Cl)cc2)s1)C(=O)O. The highest BCUT2D eigenvalue weighted by atomic mass is 35.5. The molecule has 180 valence electrons. The molecule has 2 unspecified atom stereocenters. The Balaban J connectivity index is 1.58. The van der Waals surface area contributed by atoms with Crippen molar-refractivity contribution in [3.63, 3.8) is 0 Å². The van der Waals surface area contributed by atoms with Crippen molar-refractivity contribution in [2.45, 2.75) is 40.8 Å². The van der Waals surface area contributed by atoms with Gasteiger partial charge in [-0.25, -0.2) is 8.42 Å². The topological polar surface area (TPSA) is 92.7 Å². The maximum atomic E-state index is 13.2. The lowest BCUT2D eigenvalue weighted by atomic mass is 10.1. The van der Waals surface area contributed by atoms with Gasteiger partial charge in [-0.1, -0.05) is 41.9 Å². The number of carboxylic acid groups (broad SMARTS) is 1. The number of carbonyl (C=O) groups is 1. The monoisotopic (exact) mass is 539 g/mol. The zero-order valence-corrected chi connectivity index (χ0v) is 21.6. The fourth-order valence-electron chi connectivity index (χ4n) is 3.70. The molecule has 0 amide bonds. The number of thiophene rings is 1. The summed E-state index contributed by atoms with van der Waals surface area (Å²) in [4.78, 5) is 12.4. The molecule has 34 heavy (non-hydrogen) atoms. The number of benzene rings is 2. The number of hydrogen-bond acceptors (Lipinski definition) is 5. The largest absolute Gasteiger partial charge is 0.491 e. The minimum Gasteiger partial charge on any atom is -0.491 e. The molecule has 0 bridgehead atoms. The van der Waals surface area contributed by atoms with Crippen LogP contribution in [0, 0.1) is 0 Å². The second-order valence-electron chi connectivity index (χ2n) is 8.81. The molecule has 2 atom stereocenters. The van der Waals surface area contributed by atoms with Gasteiger partial charge in [0, 0.05) is 15.8 Å². The van der Waals surface area contributed by atoms with Crippen LogP contribution in [0.1, 0.15) is 31.7 Å². The summed E-state index contributed by atoms with van der Waals surface area (Å²) in [7, 11) is -4.09. The van der Waals surface area contributed by atoms with Crippen LogP contribution >= 0.6 is 34.5 Å². The summed E-state index contributed by atoms with van der Waals surface area (Å²) in [6.45, 7) is 3.83. The average molecular weight is 540 g/mol. The molecule has 4 rings (SSSR count). The molecule has 0 radical (unpaired) electrons. The van der Waals surface area contributed by atoms with Gasteiger partial charge in [-0.2, -0.15) is 4.72 Å². The third-order valence-electron chi connectivity index (χ3n) is 5.50. The smallest absolute Gasteiger partial charge is 0.325 e. The summed E-state index contributed by atoms with van der Waals surface area (Å²) in [5.74, 6) is -1.32. The molecule has 2 N–H and O–H groups in total. The van der Waals surface area contributed by atoms with Crippen LogP contribution in [0.15, 0.2) is 64.9 Å². The van der Waals surface area contributed by atoms with Crippen LogP contribution in [-0.2, 0) is 14.8 Å². The molecule has 1 fully saturated rings. The van der Waals surface area contributed by atoms with Crippen LogP contribution in [0.25, 0.3) is 10.4 Å². The van der Waals surface area contributed by atoms with Gasteiger partial charge in [-0.05, 0) is 61.7 Å². The van der Waals surface area contributed by atoms with E-state index in [1.54, 1.807) is 54.6 Å². The molecule has 6 nitrogen and oxygen atoms in total. The summed E-state index contributed by atoms with van der Waals surface area (Å²) in [5.41, 5.74) is -0.206. The van der Waals surface area contributed by atoms with Crippen LogP contribution in [0.3, 0.4) is 0 Å². The zero-order chi connectivity index (χ0) is 24.7. The van der Waals surface area contributed by atoms with E-state index in [-0.39, 0.29) is 17.2 Å². The first-order chi connectivity index (χ1) is 15.9. The predicted octanol–water partition coefficient (Wildman–Crippen LogP) is 5.75. The third kappa shape index (κ3) is 5.26. The molecular formula is C24H23Cl2NO5S2. The number of rotatable bonds is 9. The molecule has 0 spiro atoms. The maximum Gasteiger partial charge on any atom is 0.325 e. The fourth-order valence-corrected chi connectivity index (χ4v) is 6.60. The molecule has 10 heteroatoms. The predicted molar refractivity (Wildman–Crippen MR) is 135 cm³/mol. The molecule has 3 aromatic rings. The molecule has 0 aliphatic heterocycles. The highest BCUT2D eigenvalue weighted by molar-refractivity contribution is 7.91. The number of para-hydroxylation sites is 1. The van der Waals surface area contributed by atoms with Crippen molar-refractivity contribution >= 4 is 50.5 Å². The van der Waals surface area contributed by atoms with Gasteiger partial charge in [0.1, 0.15) is 22.1 Å². The van der Waals surface area contributed by atoms with Gasteiger partial charge in [0.2, 0.25) is 0 Å². The summed E-state index contributed by atoms with van der Waals surface area (Å²) in [6.07, 6.45) is 0.113. The van der Waals surface area contributed by atoms with E-state index in [9.17, 15) is 18.3 Å². The van der Waals surface area contributed by atoms with E-state index < -0.39 is 32.3 Å². The Morgan fingerprint density at radius 3 is 2.50 bits per heavy atom. The van der Waals surface area contributed by atoms with Crippen LogP contribution in [0.5, 0.6) is 5.75 Å². The second-order valence-corrected chi connectivity index (χ2v) is 13.3. The van der Waals surface area contributed by atoms with Crippen molar-refractivity contribution in [2.75, 3.05) is 6.61 Å². The molecule has 0 saturated heterocycles. The van der Waals surface area contributed by atoms with Crippen LogP contribution in [0.2, 0.25) is 5.02 Å². The molecule has 1 aliphatic carbocycles. The van der Waals surface area contributed by atoms with Crippen molar-refractivity contribution in [3.8, 4) is 16.2 Å². The van der Waals surface area contributed by atoms with E-state index >= 15 is 0 Å². The Hall–Kier alpha value is -2.10. The second kappa shape index (κ2) is 9.17. The minimum atomic E-state index is -4.09. The number of hydrogen-bond donors (Lipinski definition) is 2. The summed E-state index contributed by atoms with van der Waals surface area (Å²) in [5, 5.41) is 10.6. The number of nitrogens with one attached hydrogen (secondary N) is 1. The lowest BCUT2D eigenvalue weighted by Gasteiger charge is -2.20. The van der Waals surface area contributed by atoms with Crippen molar-refractivity contribution < 1.29 is 23.1 Å². The number of halogens is 2. The van der Waals surface area contributed by atoms with Crippen LogP contribution < -0.4 is 9.46 Å². The minimum absolute atomic E-state index is 0.0390. The van der Waals surface area contributed by atoms with E-state index in [4.69, 9.17) is 27.9 Å². The van der Waals surface area contributed by atoms with Gasteiger partial charge in [0.25, 0.3) is 10.0 Å². The molecule has 2 aromatic carbocycles. The Morgan fingerprint density at radius 1 is 1.18 bits per heavy atom. The van der Waals surface area contributed by atoms with E-state index in [1.165, 1.54) is 6.07 Å². The Bertz CT molecular complexity index is 1320. The van der Waals surface area contributed by atoms with Crippen molar-refractivity contribution in [1.29, 1.82) is 0 Å². The summed E-state index contributed by atoms with van der Waals surface area (Å²) < 4.78 is 34.7. The van der Waals surface area contributed by atoms with Crippen molar-refractivity contribution in [3.05, 3.63) is 71.2 Å². The van der Waals surface area contributed by atoms with E-state index in [0.29, 0.717) is 16.3 Å². The van der Waals surface area contributed by atoms with Gasteiger partial charge in [0.15, 0.2) is 0 Å². The summed E-state index contributed by atoms with van der Waals surface area (Å²) in [6, 6.07) is 17.2. The highest BCUT2D eigenvalue weighted by Gasteiger charge is 2.64. The van der Waals surface area contributed by atoms with Gasteiger partial charge in [-0.15, -0.1) is 22.9 Å². The number of aliphatic carboxylic acids is 1. The standard InChI is InChI=1S/C24H23Cl2NO5S2/c1-23(2,26)14-32-19-6-4-3-5-17(19)18-13-24(18,22(28)29)27-34(30,31)21-12-11-20(33-21)15-7-9-16(25)10-8-15/h3-12,18,27H,13-14H2,1-2H3,(H,28,29). The van der Waals surface area contributed by atoms with E-state index in [2.05, 4.69) is 4.72 Å². The molecule has 1 saturated carbocycles. The first kappa shape index (κ1) is 25.0. The molecule has 1 aliphatic rings. The fraction of sp³-hybridized carbons (Fsp3) is 0.292. The normalized spacial score (nSPS) is 20.2. The quantitative estimate of drug-likeness (QED) is 0.337. The Labute approximate surface area is 212 Å². The van der Waals surface area contributed by atoms with Crippen molar-refractivity contribution in [2.24, 2.45) is 0 Å². The van der Waals surface area contributed by atoms with Gasteiger partial charge in [-0.3, -0.25) is 4.79 Å². The van der Waals surface area contributed by atoms with Gasteiger partial charge >= 0.3 is 5.97 Å². The van der Waals surface area contributed by atoms with E-state index in [1.807, 2.05) is 13.8 Å². The molecule has 1 aromatic heterocycles. The molecular weight excluding hydrogens is 517 g/mol. The van der Waals surface area contributed by atoms with Crippen LogP contribution in [0.4, 0.5) is 0 Å². The van der Waals surface area contributed by atoms with E-state index in [0.717, 1.165) is 21.8 Å². The van der Waals surface area contributed by atoms with Gasteiger partial charge in [0.05, 0.1) is 4.87 Å². The molecule has 1 heterocycles.